The molecule has 102 valence electrons. The van der Waals surface area contributed by atoms with Crippen molar-refractivity contribution >= 4 is 23.2 Å². The van der Waals surface area contributed by atoms with E-state index >= 15 is 0 Å². The molecular formula is C15H23Cl2N. The Morgan fingerprint density at radius 2 is 1.78 bits per heavy atom. The maximum atomic E-state index is 6.51. The van der Waals surface area contributed by atoms with Gasteiger partial charge in [0.25, 0.3) is 0 Å². The van der Waals surface area contributed by atoms with Crippen LogP contribution in [0.5, 0.6) is 0 Å². The fourth-order valence-corrected chi connectivity index (χ4v) is 2.57. The summed E-state index contributed by atoms with van der Waals surface area (Å²) < 4.78 is 0. The molecule has 0 aliphatic rings. The van der Waals surface area contributed by atoms with E-state index < -0.39 is 0 Å². The van der Waals surface area contributed by atoms with E-state index in [9.17, 15) is 0 Å². The van der Waals surface area contributed by atoms with Gasteiger partial charge >= 0.3 is 0 Å². The summed E-state index contributed by atoms with van der Waals surface area (Å²) in [4.78, 5) is 2.43. The van der Waals surface area contributed by atoms with Gasteiger partial charge in [-0.1, -0.05) is 37.6 Å². The molecule has 0 aliphatic heterocycles. The molecule has 1 atom stereocenters. The van der Waals surface area contributed by atoms with Gasteiger partial charge in [-0.3, -0.25) is 0 Å². The molecule has 0 fully saturated rings. The molecule has 0 saturated heterocycles. The van der Waals surface area contributed by atoms with Crippen molar-refractivity contribution in [3.8, 4) is 0 Å². The van der Waals surface area contributed by atoms with Crippen molar-refractivity contribution in [3.63, 3.8) is 0 Å². The van der Waals surface area contributed by atoms with Crippen LogP contribution < -0.4 is 0 Å². The lowest BCUT2D eigenvalue weighted by Crippen LogP contribution is -2.28. The second-order valence-corrected chi connectivity index (χ2v) is 5.71. The van der Waals surface area contributed by atoms with Crippen molar-refractivity contribution in [1.82, 2.24) is 4.90 Å². The second kappa shape index (κ2) is 8.04. The van der Waals surface area contributed by atoms with Crippen molar-refractivity contribution in [2.45, 2.75) is 39.0 Å². The molecule has 0 bridgehead atoms. The molecule has 0 N–H and O–H groups in total. The zero-order valence-corrected chi connectivity index (χ0v) is 13.1. The van der Waals surface area contributed by atoms with Crippen LogP contribution in [0, 0.1) is 6.92 Å². The fourth-order valence-electron chi connectivity index (χ4n) is 2.12. The molecule has 0 amide bonds. The summed E-state index contributed by atoms with van der Waals surface area (Å²) in [7, 11) is 0. The molecule has 1 aromatic carbocycles. The van der Waals surface area contributed by atoms with Gasteiger partial charge in [-0.05, 0) is 50.0 Å². The zero-order chi connectivity index (χ0) is 13.5. The van der Waals surface area contributed by atoms with E-state index in [0.29, 0.717) is 0 Å². The Hall–Kier alpha value is -0.240. The molecule has 1 aromatic rings. The van der Waals surface area contributed by atoms with Crippen LogP contribution in [0.15, 0.2) is 18.2 Å². The third-order valence-corrected chi connectivity index (χ3v) is 3.86. The molecule has 0 saturated carbocycles. The normalized spacial score (nSPS) is 13.0. The van der Waals surface area contributed by atoms with Crippen molar-refractivity contribution in [1.29, 1.82) is 0 Å². The zero-order valence-electron chi connectivity index (χ0n) is 11.5. The van der Waals surface area contributed by atoms with Gasteiger partial charge in [0.1, 0.15) is 0 Å². The monoisotopic (exact) mass is 287 g/mol. The van der Waals surface area contributed by atoms with Crippen LogP contribution in [-0.4, -0.2) is 24.5 Å². The predicted molar refractivity (Wildman–Crippen MR) is 81.8 cm³/mol. The van der Waals surface area contributed by atoms with Crippen LogP contribution in [0.4, 0.5) is 0 Å². The van der Waals surface area contributed by atoms with Gasteiger partial charge in [-0.2, -0.15) is 0 Å². The summed E-state index contributed by atoms with van der Waals surface area (Å²) in [6.07, 6.45) is 2.34. The Bertz CT molecular complexity index is 360. The molecule has 0 heterocycles. The molecule has 1 rings (SSSR count). The summed E-state index contributed by atoms with van der Waals surface area (Å²) in [5.41, 5.74) is 2.26. The van der Waals surface area contributed by atoms with Crippen LogP contribution in [-0.2, 0) is 0 Å². The smallest absolute Gasteiger partial charge is 0.0712 e. The van der Waals surface area contributed by atoms with Gasteiger partial charge in [0.05, 0.1) is 5.38 Å². The first-order valence-electron chi connectivity index (χ1n) is 6.71. The second-order valence-electron chi connectivity index (χ2n) is 4.78. The van der Waals surface area contributed by atoms with E-state index in [0.717, 1.165) is 35.8 Å². The predicted octanol–water partition coefficient (Wildman–Crippen LogP) is 5.05. The average Bonchev–Trinajstić information content (AvgIpc) is 2.33. The number of rotatable bonds is 7. The first-order chi connectivity index (χ1) is 8.58. The number of hydrogen-bond donors (Lipinski definition) is 0. The van der Waals surface area contributed by atoms with Crippen molar-refractivity contribution in [3.05, 3.63) is 34.3 Å². The van der Waals surface area contributed by atoms with E-state index in [2.05, 4.69) is 24.8 Å². The maximum absolute atomic E-state index is 6.51. The Kier molecular flexibility index (Phi) is 7.06. The van der Waals surface area contributed by atoms with Gasteiger partial charge < -0.3 is 4.90 Å². The standard InChI is InChI=1S/C15H23Cl2N/c1-4-8-18(9-5-2)11-15(17)13-6-7-14(16)12(3)10-13/h6-7,10,15H,4-5,8-9,11H2,1-3H3. The lowest BCUT2D eigenvalue weighted by atomic mass is 10.1. The Morgan fingerprint density at radius 1 is 1.17 bits per heavy atom. The minimum atomic E-state index is 0.0408. The fraction of sp³-hybridized carbons (Fsp3) is 0.600. The van der Waals surface area contributed by atoms with Crippen LogP contribution >= 0.6 is 23.2 Å². The number of aryl methyl sites for hydroxylation is 1. The summed E-state index contributed by atoms with van der Waals surface area (Å²) in [5, 5.41) is 0.848. The van der Waals surface area contributed by atoms with E-state index in [1.807, 2.05) is 19.1 Å². The SMILES string of the molecule is CCCN(CCC)CC(Cl)c1ccc(Cl)c(C)c1. The molecule has 18 heavy (non-hydrogen) atoms. The van der Waals surface area contributed by atoms with E-state index in [1.54, 1.807) is 0 Å². The molecule has 0 spiro atoms. The van der Waals surface area contributed by atoms with Crippen molar-refractivity contribution in [2.24, 2.45) is 0 Å². The molecule has 1 unspecified atom stereocenters. The van der Waals surface area contributed by atoms with Crippen LogP contribution in [0.3, 0.4) is 0 Å². The largest absolute Gasteiger partial charge is 0.302 e. The summed E-state index contributed by atoms with van der Waals surface area (Å²) in [5.74, 6) is 0. The highest BCUT2D eigenvalue weighted by Gasteiger charge is 2.13. The van der Waals surface area contributed by atoms with Crippen LogP contribution in [0.2, 0.25) is 5.02 Å². The Balaban J connectivity index is 2.67. The third kappa shape index (κ3) is 4.79. The number of alkyl halides is 1. The molecular weight excluding hydrogens is 265 g/mol. The highest BCUT2D eigenvalue weighted by atomic mass is 35.5. The van der Waals surface area contributed by atoms with Crippen molar-refractivity contribution < 1.29 is 0 Å². The average molecular weight is 288 g/mol. The van der Waals surface area contributed by atoms with Crippen LogP contribution in [0.1, 0.15) is 43.2 Å². The highest BCUT2D eigenvalue weighted by molar-refractivity contribution is 6.31. The Morgan fingerprint density at radius 3 is 2.28 bits per heavy atom. The molecule has 0 aliphatic carbocycles. The number of halogens is 2. The molecule has 3 heteroatoms. The highest BCUT2D eigenvalue weighted by Crippen LogP contribution is 2.26. The quantitative estimate of drug-likeness (QED) is 0.634. The third-order valence-electron chi connectivity index (χ3n) is 3.04. The van der Waals surface area contributed by atoms with Crippen LogP contribution in [0.25, 0.3) is 0 Å². The Labute approximate surface area is 121 Å². The summed E-state index contributed by atoms with van der Waals surface area (Å²) in [6, 6.07) is 6.06. The van der Waals surface area contributed by atoms with E-state index in [4.69, 9.17) is 23.2 Å². The lowest BCUT2D eigenvalue weighted by Gasteiger charge is -2.24. The molecule has 0 aromatic heterocycles. The summed E-state index contributed by atoms with van der Waals surface area (Å²) in [6.45, 7) is 9.57. The van der Waals surface area contributed by atoms with Crippen molar-refractivity contribution in [2.75, 3.05) is 19.6 Å². The van der Waals surface area contributed by atoms with E-state index in [-0.39, 0.29) is 5.38 Å². The first kappa shape index (κ1) is 15.8. The summed E-state index contributed by atoms with van der Waals surface area (Å²) >= 11 is 12.5. The molecule has 1 nitrogen and oxygen atoms in total. The maximum Gasteiger partial charge on any atom is 0.0712 e. The van der Waals surface area contributed by atoms with Gasteiger partial charge in [-0.25, -0.2) is 0 Å². The van der Waals surface area contributed by atoms with Gasteiger partial charge in [0, 0.05) is 11.6 Å². The first-order valence-corrected chi connectivity index (χ1v) is 7.52. The molecule has 0 radical (unpaired) electrons. The van der Waals surface area contributed by atoms with Gasteiger partial charge in [-0.15, -0.1) is 11.6 Å². The number of benzene rings is 1. The number of nitrogens with zero attached hydrogens (tertiary/aromatic N) is 1. The number of hydrogen-bond acceptors (Lipinski definition) is 1. The minimum Gasteiger partial charge on any atom is -0.302 e. The van der Waals surface area contributed by atoms with E-state index in [1.165, 1.54) is 12.8 Å². The van der Waals surface area contributed by atoms with Gasteiger partial charge in [0.2, 0.25) is 0 Å². The topological polar surface area (TPSA) is 3.24 Å². The minimum absolute atomic E-state index is 0.0408. The lowest BCUT2D eigenvalue weighted by molar-refractivity contribution is 0.275. The van der Waals surface area contributed by atoms with Gasteiger partial charge in [0.15, 0.2) is 0 Å².